The summed E-state index contributed by atoms with van der Waals surface area (Å²) >= 11 is 0. The van der Waals surface area contributed by atoms with Crippen molar-refractivity contribution in [2.75, 3.05) is 19.0 Å². The van der Waals surface area contributed by atoms with Gasteiger partial charge in [-0.15, -0.1) is 0 Å². The third kappa shape index (κ3) is 2.26. The lowest BCUT2D eigenvalue weighted by Gasteiger charge is -2.38. The number of hydrogen-bond acceptors (Lipinski definition) is 2. The highest BCUT2D eigenvalue weighted by molar-refractivity contribution is 6.04. The van der Waals surface area contributed by atoms with Gasteiger partial charge in [-0.3, -0.25) is 9.59 Å². The first kappa shape index (κ1) is 15.3. The summed E-state index contributed by atoms with van der Waals surface area (Å²) in [4.78, 5) is 25.5. The predicted molar refractivity (Wildman–Crippen MR) is 70.6 cm³/mol. The molecule has 1 aliphatic heterocycles. The molecule has 114 valence electrons. The van der Waals surface area contributed by atoms with Gasteiger partial charge in [0.15, 0.2) is 0 Å². The van der Waals surface area contributed by atoms with E-state index in [0.29, 0.717) is 10.6 Å². The number of amides is 2. The fourth-order valence-corrected chi connectivity index (χ4v) is 2.59. The highest BCUT2D eigenvalue weighted by Gasteiger charge is 2.67. The Kier molecular flexibility index (Phi) is 3.69. The number of likely N-dealkylation sites (N-methyl/N-ethyl adjacent to an activating group) is 2. The van der Waals surface area contributed by atoms with Crippen LogP contribution < -0.4 is 4.90 Å². The first-order valence-electron chi connectivity index (χ1n) is 6.38. The standard InChI is InChI=1S/C14H15F3N2O2/c1-18(10-6-4-3-5-7-10)12(21)13(14(15,16)17)9-8-11(20)19(13)2/h3-7H,8-9H2,1-2H3/t13-/m0/s1. The van der Waals surface area contributed by atoms with Crippen molar-refractivity contribution in [2.24, 2.45) is 0 Å². The minimum atomic E-state index is -4.83. The Morgan fingerprint density at radius 3 is 2.29 bits per heavy atom. The van der Waals surface area contributed by atoms with Gasteiger partial charge in [-0.25, -0.2) is 0 Å². The van der Waals surface area contributed by atoms with Gasteiger partial charge in [0.1, 0.15) is 0 Å². The molecule has 0 saturated carbocycles. The van der Waals surface area contributed by atoms with E-state index in [1.54, 1.807) is 30.3 Å². The molecule has 2 rings (SSSR count). The van der Waals surface area contributed by atoms with Crippen molar-refractivity contribution in [2.45, 2.75) is 24.6 Å². The van der Waals surface area contributed by atoms with E-state index in [2.05, 4.69) is 0 Å². The number of alkyl halides is 3. The van der Waals surface area contributed by atoms with Crippen LogP contribution in [-0.2, 0) is 9.59 Å². The Balaban J connectivity index is 2.44. The van der Waals surface area contributed by atoms with Crippen molar-refractivity contribution >= 4 is 17.5 Å². The maximum absolute atomic E-state index is 13.5. The first-order chi connectivity index (χ1) is 9.72. The van der Waals surface area contributed by atoms with Crippen LogP contribution in [-0.4, -0.2) is 42.5 Å². The number of nitrogens with zero attached hydrogens (tertiary/aromatic N) is 2. The molecule has 0 unspecified atom stereocenters. The zero-order chi connectivity index (χ0) is 15.8. The van der Waals surface area contributed by atoms with E-state index < -0.39 is 30.0 Å². The van der Waals surface area contributed by atoms with Crippen LogP contribution >= 0.6 is 0 Å². The van der Waals surface area contributed by atoms with Gasteiger partial charge >= 0.3 is 6.18 Å². The number of anilines is 1. The molecule has 7 heteroatoms. The van der Waals surface area contributed by atoms with Crippen LogP contribution in [0.2, 0.25) is 0 Å². The summed E-state index contributed by atoms with van der Waals surface area (Å²) in [6.07, 6.45) is -5.67. The number of rotatable bonds is 2. The van der Waals surface area contributed by atoms with E-state index in [0.717, 1.165) is 11.9 Å². The zero-order valence-electron chi connectivity index (χ0n) is 11.6. The molecule has 0 bridgehead atoms. The Morgan fingerprint density at radius 1 is 1.29 bits per heavy atom. The van der Waals surface area contributed by atoms with Crippen LogP contribution in [0.4, 0.5) is 18.9 Å². The number of benzene rings is 1. The smallest absolute Gasteiger partial charge is 0.323 e. The number of likely N-dealkylation sites (tertiary alicyclic amines) is 1. The maximum atomic E-state index is 13.5. The zero-order valence-corrected chi connectivity index (χ0v) is 11.6. The summed E-state index contributed by atoms with van der Waals surface area (Å²) < 4.78 is 40.6. The fourth-order valence-electron chi connectivity index (χ4n) is 2.59. The van der Waals surface area contributed by atoms with Crippen molar-refractivity contribution in [3.8, 4) is 0 Å². The van der Waals surface area contributed by atoms with Crippen LogP contribution in [0.5, 0.6) is 0 Å². The summed E-state index contributed by atoms with van der Waals surface area (Å²) in [5.74, 6) is -1.82. The average molecular weight is 300 g/mol. The molecule has 0 spiro atoms. The average Bonchev–Trinajstić information content (AvgIpc) is 2.75. The Morgan fingerprint density at radius 2 is 1.86 bits per heavy atom. The molecule has 1 heterocycles. The minimum Gasteiger partial charge on any atom is -0.323 e. The van der Waals surface area contributed by atoms with Gasteiger partial charge in [0.05, 0.1) is 0 Å². The highest BCUT2D eigenvalue weighted by atomic mass is 19.4. The van der Waals surface area contributed by atoms with E-state index >= 15 is 0 Å². The van der Waals surface area contributed by atoms with Gasteiger partial charge in [0, 0.05) is 26.2 Å². The van der Waals surface area contributed by atoms with E-state index in [4.69, 9.17) is 0 Å². The van der Waals surface area contributed by atoms with Crippen LogP contribution in [0.15, 0.2) is 30.3 Å². The molecule has 1 fully saturated rings. The molecule has 0 aromatic heterocycles. The molecule has 4 nitrogen and oxygen atoms in total. The number of hydrogen-bond donors (Lipinski definition) is 0. The second-order valence-electron chi connectivity index (χ2n) is 5.01. The van der Waals surface area contributed by atoms with Crippen LogP contribution in [0, 0.1) is 0 Å². The van der Waals surface area contributed by atoms with Crippen LogP contribution in [0.25, 0.3) is 0 Å². The molecule has 1 aliphatic rings. The van der Waals surface area contributed by atoms with Crippen molar-refractivity contribution < 1.29 is 22.8 Å². The van der Waals surface area contributed by atoms with Crippen LogP contribution in [0.3, 0.4) is 0 Å². The van der Waals surface area contributed by atoms with Crippen molar-refractivity contribution in [1.29, 1.82) is 0 Å². The summed E-state index contributed by atoms with van der Waals surface area (Å²) in [6.45, 7) is 0. The van der Waals surface area contributed by atoms with E-state index in [1.807, 2.05) is 0 Å². The van der Waals surface area contributed by atoms with Gasteiger partial charge in [-0.1, -0.05) is 18.2 Å². The minimum absolute atomic E-state index is 0.287. The Hall–Kier alpha value is -2.05. The molecule has 0 N–H and O–H groups in total. The van der Waals surface area contributed by atoms with E-state index in [1.165, 1.54) is 7.05 Å². The van der Waals surface area contributed by atoms with Crippen molar-refractivity contribution in [1.82, 2.24) is 4.90 Å². The molecule has 0 radical (unpaired) electrons. The molecule has 1 aromatic rings. The summed E-state index contributed by atoms with van der Waals surface area (Å²) in [6, 6.07) is 8.04. The molecule has 1 aromatic carbocycles. The van der Waals surface area contributed by atoms with Gasteiger partial charge in [-0.05, 0) is 18.6 Å². The number of carbonyl (C=O) groups is 2. The number of halogens is 3. The molecule has 1 saturated heterocycles. The lowest BCUT2D eigenvalue weighted by Crippen LogP contribution is -2.64. The summed E-state index contributed by atoms with van der Waals surface area (Å²) in [5.41, 5.74) is -2.44. The van der Waals surface area contributed by atoms with Crippen molar-refractivity contribution in [3.05, 3.63) is 30.3 Å². The molecule has 0 aliphatic carbocycles. The maximum Gasteiger partial charge on any atom is 0.420 e. The molecule has 2 amide bonds. The molecular formula is C14H15F3N2O2. The van der Waals surface area contributed by atoms with Gasteiger partial charge in [0.25, 0.3) is 5.91 Å². The quantitative estimate of drug-likeness (QED) is 0.840. The highest BCUT2D eigenvalue weighted by Crippen LogP contribution is 2.44. The second kappa shape index (κ2) is 5.05. The van der Waals surface area contributed by atoms with Crippen molar-refractivity contribution in [3.63, 3.8) is 0 Å². The lowest BCUT2D eigenvalue weighted by molar-refractivity contribution is -0.217. The second-order valence-corrected chi connectivity index (χ2v) is 5.01. The Labute approximate surface area is 120 Å². The third-order valence-corrected chi connectivity index (χ3v) is 3.92. The van der Waals surface area contributed by atoms with Gasteiger partial charge < -0.3 is 9.80 Å². The summed E-state index contributed by atoms with van der Waals surface area (Å²) in [5, 5.41) is 0. The first-order valence-corrected chi connectivity index (χ1v) is 6.38. The lowest BCUT2D eigenvalue weighted by atomic mass is 9.93. The molecular weight excluding hydrogens is 285 g/mol. The van der Waals surface area contributed by atoms with E-state index in [9.17, 15) is 22.8 Å². The SMILES string of the molecule is CN(C(=O)[C@]1(C(F)(F)F)CCC(=O)N1C)c1ccccc1. The van der Waals surface area contributed by atoms with Gasteiger partial charge in [0.2, 0.25) is 11.4 Å². The number of carbonyl (C=O) groups excluding carboxylic acids is 2. The van der Waals surface area contributed by atoms with Crippen LogP contribution in [0.1, 0.15) is 12.8 Å². The number of para-hydroxylation sites is 1. The van der Waals surface area contributed by atoms with Gasteiger partial charge in [-0.2, -0.15) is 13.2 Å². The predicted octanol–water partition coefficient (Wildman–Crippen LogP) is 2.20. The topological polar surface area (TPSA) is 40.6 Å². The fraction of sp³-hybridized carbons (Fsp3) is 0.429. The normalized spacial score (nSPS) is 22.5. The van der Waals surface area contributed by atoms with E-state index in [-0.39, 0.29) is 6.42 Å². The Bertz CT molecular complexity index is 559. The third-order valence-electron chi connectivity index (χ3n) is 3.92. The largest absolute Gasteiger partial charge is 0.420 e. The summed E-state index contributed by atoms with van der Waals surface area (Å²) in [7, 11) is 2.31. The molecule has 1 atom stereocenters. The monoisotopic (exact) mass is 300 g/mol. The molecule has 21 heavy (non-hydrogen) atoms.